The molecule has 0 amide bonds. The number of rotatable bonds is 9. The molecule has 1 fully saturated rings. The van der Waals surface area contributed by atoms with Crippen molar-refractivity contribution in [1.82, 2.24) is 0 Å². The van der Waals surface area contributed by atoms with Gasteiger partial charge in [0.25, 0.3) is 0 Å². The first-order chi connectivity index (χ1) is 17.9. The van der Waals surface area contributed by atoms with Gasteiger partial charge in [-0.25, -0.2) is 0 Å². The molecule has 0 aliphatic carbocycles. The Morgan fingerprint density at radius 1 is 0.868 bits per heavy atom. The Hall–Kier alpha value is -4.08. The van der Waals surface area contributed by atoms with Crippen molar-refractivity contribution >= 4 is 23.9 Å². The number of aromatic hydroxyl groups is 1. The number of hydrogen-bond acceptors (Lipinski definition) is 9. The van der Waals surface area contributed by atoms with Crippen LogP contribution in [0.15, 0.2) is 60.4 Å². The normalized spacial score (nSPS) is 16.9. The minimum Gasteiger partial charge on any atom is -0.508 e. The van der Waals surface area contributed by atoms with E-state index in [-0.39, 0.29) is 30.5 Å². The first-order valence-electron chi connectivity index (χ1n) is 11.8. The van der Waals surface area contributed by atoms with Crippen molar-refractivity contribution in [2.24, 2.45) is 5.41 Å². The molecule has 1 heterocycles. The lowest BCUT2D eigenvalue weighted by molar-refractivity contribution is -0.279. The van der Waals surface area contributed by atoms with Crippen LogP contribution < -0.4 is 14.2 Å². The highest BCUT2D eigenvalue weighted by Gasteiger charge is 2.43. The first-order valence-corrected chi connectivity index (χ1v) is 11.8. The molecule has 2 aromatic carbocycles. The van der Waals surface area contributed by atoms with E-state index in [1.54, 1.807) is 51.1 Å². The number of phenolic OH excluding ortho intramolecular Hbond substituents is 1. The summed E-state index contributed by atoms with van der Waals surface area (Å²) in [6, 6.07) is 9.62. The molecule has 1 aliphatic rings. The Labute approximate surface area is 221 Å². The summed E-state index contributed by atoms with van der Waals surface area (Å²) in [7, 11) is 2.90. The fourth-order valence-corrected chi connectivity index (χ4v) is 3.38. The summed E-state index contributed by atoms with van der Waals surface area (Å²) in [5.74, 6) is -1.23. The van der Waals surface area contributed by atoms with Crippen molar-refractivity contribution in [2.75, 3.05) is 27.4 Å². The van der Waals surface area contributed by atoms with Gasteiger partial charge in [-0.3, -0.25) is 9.59 Å². The number of allylic oxidation sites excluding steroid dienone is 3. The Morgan fingerprint density at radius 2 is 1.45 bits per heavy atom. The van der Waals surface area contributed by atoms with Crippen LogP contribution >= 0.6 is 0 Å². The molecule has 0 radical (unpaired) electrons. The highest BCUT2D eigenvalue weighted by molar-refractivity contribution is 6.02. The van der Waals surface area contributed by atoms with Gasteiger partial charge in [-0.2, -0.15) is 0 Å². The number of carbonyl (C=O) groups is 2. The molecule has 0 unspecified atom stereocenters. The van der Waals surface area contributed by atoms with E-state index in [4.69, 9.17) is 23.7 Å². The Balaban J connectivity index is 1.67. The number of phenols is 1. The molecule has 2 aromatic rings. The fourth-order valence-electron chi connectivity index (χ4n) is 3.38. The van der Waals surface area contributed by atoms with Crippen molar-refractivity contribution in [3.05, 3.63) is 71.5 Å². The van der Waals surface area contributed by atoms with Crippen molar-refractivity contribution in [3.63, 3.8) is 0 Å². The average Bonchev–Trinajstić information content (AvgIpc) is 2.88. The van der Waals surface area contributed by atoms with E-state index in [9.17, 15) is 19.8 Å². The van der Waals surface area contributed by atoms with Crippen LogP contribution in [-0.2, 0) is 19.1 Å². The Bertz CT molecular complexity index is 1260. The highest BCUT2D eigenvalue weighted by Crippen LogP contribution is 2.34. The fraction of sp³-hybridized carbons (Fsp3) is 0.310. The maximum atomic E-state index is 12.9. The van der Waals surface area contributed by atoms with Crippen LogP contribution in [0.1, 0.15) is 31.9 Å². The summed E-state index contributed by atoms with van der Waals surface area (Å²) in [5.41, 5.74) is 0.180. The van der Waals surface area contributed by atoms with Crippen LogP contribution in [-0.4, -0.2) is 55.2 Å². The summed E-state index contributed by atoms with van der Waals surface area (Å²) in [6.45, 7) is 5.52. The van der Waals surface area contributed by atoms with Crippen LogP contribution in [0.3, 0.4) is 0 Å². The number of ketones is 1. The molecule has 202 valence electrons. The van der Waals surface area contributed by atoms with Gasteiger partial charge >= 0.3 is 5.97 Å². The lowest BCUT2D eigenvalue weighted by Gasteiger charge is -2.39. The highest BCUT2D eigenvalue weighted by atomic mass is 16.7. The number of hydrogen-bond donors (Lipinski definition) is 2. The molecule has 0 spiro atoms. The SMILES string of the molecule is COc1ccc(/C=C/C(O)=C/C(=O)/C=C/c2ccc(OC)c(OC(=O)C3(C)COC(C)(C)OC3)c2)cc1O. The molecule has 2 N–H and O–H groups in total. The lowest BCUT2D eigenvalue weighted by Crippen LogP contribution is -2.50. The van der Waals surface area contributed by atoms with E-state index in [0.717, 1.165) is 6.08 Å². The maximum Gasteiger partial charge on any atom is 0.322 e. The predicted octanol–water partition coefficient (Wildman–Crippen LogP) is 4.84. The van der Waals surface area contributed by atoms with E-state index in [0.29, 0.717) is 22.6 Å². The standard InChI is InChI=1S/C29H32O9/c1-28(2)36-17-29(3,18-37-28)27(33)38-26-15-20(9-13-25(26)35-5)7-11-22(31)16-21(30)10-6-19-8-12-24(34-4)23(32)14-19/h6-16,30,32H,17-18H2,1-5H3/b10-6+,11-7+,21-16-. The van der Waals surface area contributed by atoms with Crippen molar-refractivity contribution < 1.29 is 43.5 Å². The van der Waals surface area contributed by atoms with Gasteiger partial charge in [-0.05, 0) is 68.3 Å². The first kappa shape index (κ1) is 28.5. The maximum absolute atomic E-state index is 12.9. The molecule has 1 saturated heterocycles. The van der Waals surface area contributed by atoms with Gasteiger partial charge in [0.05, 0.1) is 27.4 Å². The molecule has 0 aromatic heterocycles. The number of esters is 1. The number of aliphatic hydroxyl groups is 1. The molecule has 0 saturated carbocycles. The van der Waals surface area contributed by atoms with Crippen molar-refractivity contribution in [1.29, 1.82) is 0 Å². The van der Waals surface area contributed by atoms with Crippen LogP contribution in [0.2, 0.25) is 0 Å². The molecule has 3 rings (SSSR count). The van der Waals surface area contributed by atoms with Crippen LogP contribution in [0.5, 0.6) is 23.0 Å². The van der Waals surface area contributed by atoms with Crippen molar-refractivity contribution in [2.45, 2.75) is 26.6 Å². The van der Waals surface area contributed by atoms with Gasteiger partial charge in [-0.15, -0.1) is 0 Å². The van der Waals surface area contributed by atoms with Crippen LogP contribution in [0, 0.1) is 5.41 Å². The molecule has 38 heavy (non-hydrogen) atoms. The third kappa shape index (κ3) is 7.47. The van der Waals surface area contributed by atoms with Gasteiger partial charge in [0.2, 0.25) is 0 Å². The van der Waals surface area contributed by atoms with E-state index in [2.05, 4.69) is 0 Å². The summed E-state index contributed by atoms with van der Waals surface area (Å²) < 4.78 is 27.2. The third-order valence-electron chi connectivity index (χ3n) is 5.74. The van der Waals surface area contributed by atoms with Gasteiger partial charge in [-0.1, -0.05) is 24.3 Å². The number of carbonyl (C=O) groups excluding carboxylic acids is 2. The predicted molar refractivity (Wildman–Crippen MR) is 141 cm³/mol. The number of ether oxygens (including phenoxy) is 5. The molecule has 0 atom stereocenters. The van der Waals surface area contributed by atoms with Crippen molar-refractivity contribution in [3.8, 4) is 23.0 Å². The largest absolute Gasteiger partial charge is 0.508 e. The van der Waals surface area contributed by atoms with Crippen LogP contribution in [0.4, 0.5) is 0 Å². The van der Waals surface area contributed by atoms with Gasteiger partial charge in [0.15, 0.2) is 34.6 Å². The summed E-state index contributed by atoms with van der Waals surface area (Å²) in [4.78, 5) is 25.2. The molecular formula is C29H32O9. The second-order valence-electron chi connectivity index (χ2n) is 9.41. The average molecular weight is 525 g/mol. The Morgan fingerprint density at radius 3 is 2.05 bits per heavy atom. The van der Waals surface area contributed by atoms with E-state index in [1.165, 1.54) is 44.6 Å². The number of benzene rings is 2. The second kappa shape index (κ2) is 12.0. The van der Waals surface area contributed by atoms with Crippen LogP contribution in [0.25, 0.3) is 12.2 Å². The molecule has 9 heteroatoms. The number of aliphatic hydroxyl groups excluding tert-OH is 1. The van der Waals surface area contributed by atoms with Gasteiger partial charge < -0.3 is 33.9 Å². The van der Waals surface area contributed by atoms with E-state index in [1.807, 2.05) is 0 Å². The zero-order valence-corrected chi connectivity index (χ0v) is 22.0. The molecule has 1 aliphatic heterocycles. The zero-order chi connectivity index (χ0) is 27.9. The van der Waals surface area contributed by atoms with Gasteiger partial charge in [0, 0.05) is 6.08 Å². The zero-order valence-electron chi connectivity index (χ0n) is 22.0. The Kier molecular flexibility index (Phi) is 8.98. The van der Waals surface area contributed by atoms with E-state index < -0.39 is 23.0 Å². The molecule has 9 nitrogen and oxygen atoms in total. The summed E-state index contributed by atoms with van der Waals surface area (Å²) in [5, 5.41) is 19.9. The topological polar surface area (TPSA) is 121 Å². The minimum absolute atomic E-state index is 0.0415. The van der Waals surface area contributed by atoms with E-state index >= 15 is 0 Å². The number of methoxy groups -OCH3 is 2. The molecule has 0 bridgehead atoms. The monoisotopic (exact) mass is 524 g/mol. The second-order valence-corrected chi connectivity index (χ2v) is 9.41. The van der Waals surface area contributed by atoms with Gasteiger partial charge in [0.1, 0.15) is 11.2 Å². The quantitative estimate of drug-likeness (QED) is 0.156. The smallest absolute Gasteiger partial charge is 0.322 e. The summed E-state index contributed by atoms with van der Waals surface area (Å²) in [6.07, 6.45) is 6.70. The lowest BCUT2D eigenvalue weighted by atomic mass is 9.92. The summed E-state index contributed by atoms with van der Waals surface area (Å²) >= 11 is 0. The minimum atomic E-state index is -0.997. The molecular weight excluding hydrogens is 492 g/mol. The third-order valence-corrected chi connectivity index (χ3v) is 5.74.